The summed E-state index contributed by atoms with van der Waals surface area (Å²) in [6.45, 7) is 1.05. The lowest BCUT2D eigenvalue weighted by Gasteiger charge is -2.23. The van der Waals surface area contributed by atoms with Gasteiger partial charge in [0.2, 0.25) is 5.91 Å². The molecule has 1 saturated carbocycles. The second-order valence-corrected chi connectivity index (χ2v) is 10.8. The molecule has 1 fully saturated rings. The van der Waals surface area contributed by atoms with Crippen molar-refractivity contribution in [2.75, 3.05) is 18.5 Å². The van der Waals surface area contributed by atoms with E-state index in [4.69, 9.17) is 9.84 Å². The fourth-order valence-electron chi connectivity index (χ4n) is 6.19. The summed E-state index contributed by atoms with van der Waals surface area (Å²) in [5.74, 6) is -0.344. The fraction of sp³-hybridized carbons (Fsp3) is 0.265. The molecule has 8 heteroatoms. The molecule has 1 aliphatic carbocycles. The Labute approximate surface area is 244 Å². The van der Waals surface area contributed by atoms with Crippen molar-refractivity contribution in [2.45, 2.75) is 44.6 Å². The molecule has 0 radical (unpaired) electrons. The Morgan fingerprint density at radius 3 is 2.55 bits per heavy atom. The number of amides is 2. The van der Waals surface area contributed by atoms with Crippen LogP contribution in [0.25, 0.3) is 28.2 Å². The van der Waals surface area contributed by atoms with Gasteiger partial charge >= 0.3 is 5.97 Å². The molecule has 8 nitrogen and oxygen atoms in total. The summed E-state index contributed by atoms with van der Waals surface area (Å²) >= 11 is 0. The van der Waals surface area contributed by atoms with Crippen molar-refractivity contribution in [1.82, 2.24) is 9.88 Å². The normalized spacial score (nSPS) is 15.0. The van der Waals surface area contributed by atoms with Gasteiger partial charge in [0.1, 0.15) is 12.4 Å². The number of rotatable bonds is 7. The molecule has 2 amide bonds. The summed E-state index contributed by atoms with van der Waals surface area (Å²) < 4.78 is 8.44. The molecule has 0 unspecified atom stereocenters. The van der Waals surface area contributed by atoms with Crippen molar-refractivity contribution in [3.63, 3.8) is 0 Å². The first-order chi connectivity index (χ1) is 20.5. The number of benzene rings is 3. The highest BCUT2D eigenvalue weighted by Gasteiger charge is 2.29. The third-order valence-corrected chi connectivity index (χ3v) is 8.12. The Morgan fingerprint density at radius 1 is 0.976 bits per heavy atom. The average Bonchev–Trinajstić information content (AvgIpc) is 3.20. The van der Waals surface area contributed by atoms with E-state index in [1.807, 2.05) is 24.3 Å². The number of anilines is 1. The lowest BCUT2D eigenvalue weighted by molar-refractivity contribution is -0.131. The minimum Gasteiger partial charge on any atom is -0.491 e. The molecule has 0 bridgehead atoms. The zero-order chi connectivity index (χ0) is 29.1. The molecule has 42 heavy (non-hydrogen) atoms. The Kier molecular flexibility index (Phi) is 7.77. The zero-order valence-corrected chi connectivity index (χ0v) is 23.3. The van der Waals surface area contributed by atoms with Gasteiger partial charge in [-0.2, -0.15) is 0 Å². The number of hydrogen-bond donors (Lipinski definition) is 3. The topological polar surface area (TPSA) is 110 Å². The number of carbonyl (C=O) groups is 3. The Hall–Kier alpha value is -4.85. The average molecular weight is 564 g/mol. The van der Waals surface area contributed by atoms with Crippen LogP contribution >= 0.6 is 0 Å². The number of carboxylic acid groups (broad SMARTS) is 1. The molecule has 1 aliphatic heterocycles. The molecule has 214 valence electrons. The highest BCUT2D eigenvalue weighted by atomic mass is 16.5. The highest BCUT2D eigenvalue weighted by Crippen LogP contribution is 2.47. The molecule has 6 rings (SSSR count). The molecule has 3 aromatic carbocycles. The van der Waals surface area contributed by atoms with Crippen molar-refractivity contribution >= 4 is 40.4 Å². The first kappa shape index (κ1) is 27.3. The molecule has 0 atom stereocenters. The van der Waals surface area contributed by atoms with Crippen molar-refractivity contribution in [3.8, 4) is 17.0 Å². The minimum atomic E-state index is -1.03. The lowest BCUT2D eigenvalue weighted by atomic mass is 9.81. The zero-order valence-electron chi connectivity index (χ0n) is 23.3. The van der Waals surface area contributed by atoms with Gasteiger partial charge in [-0.1, -0.05) is 49.6 Å². The number of hydrogen-bond acceptors (Lipinski definition) is 4. The maximum Gasteiger partial charge on any atom is 0.328 e. The van der Waals surface area contributed by atoms with E-state index in [-0.39, 0.29) is 18.4 Å². The standard InChI is InChI=1S/C34H33N3O5/c38-30(36-25-14-10-22(11-15-25)12-17-31(39)40)21-35-34(41)24-13-16-26-28(20-24)37-18-19-42-29-9-5-4-8-27(29)33(37)32(26)23-6-2-1-3-7-23/h4-5,8-17,20,23H,1-3,6-7,18-19,21H2,(H,35,41)(H,36,38)(H,39,40). The predicted octanol–water partition coefficient (Wildman–Crippen LogP) is 6.21. The number of nitrogens with one attached hydrogen (secondary N) is 2. The van der Waals surface area contributed by atoms with Gasteiger partial charge in [0.25, 0.3) is 5.91 Å². The Bertz CT molecular complexity index is 1680. The van der Waals surface area contributed by atoms with Crippen LogP contribution in [0.3, 0.4) is 0 Å². The molecule has 2 heterocycles. The summed E-state index contributed by atoms with van der Waals surface area (Å²) in [5.41, 5.74) is 6.42. The van der Waals surface area contributed by atoms with Gasteiger partial charge in [0.15, 0.2) is 0 Å². The molecule has 0 spiro atoms. The third-order valence-electron chi connectivity index (χ3n) is 8.12. The fourth-order valence-corrected chi connectivity index (χ4v) is 6.19. The second kappa shape index (κ2) is 11.9. The Morgan fingerprint density at radius 2 is 1.76 bits per heavy atom. The summed E-state index contributed by atoms with van der Waals surface area (Å²) in [6, 6.07) is 20.8. The van der Waals surface area contributed by atoms with Crippen LogP contribution in [0, 0.1) is 0 Å². The number of para-hydroxylation sites is 1. The molecule has 1 aromatic heterocycles. The smallest absolute Gasteiger partial charge is 0.328 e. The van der Waals surface area contributed by atoms with Crippen LogP contribution in [0.1, 0.15) is 59.5 Å². The van der Waals surface area contributed by atoms with Gasteiger partial charge in [0.05, 0.1) is 18.8 Å². The van der Waals surface area contributed by atoms with Gasteiger partial charge in [-0.15, -0.1) is 0 Å². The van der Waals surface area contributed by atoms with E-state index in [2.05, 4.69) is 33.4 Å². The molecule has 3 N–H and O–H groups in total. The number of carboxylic acids is 1. The number of carbonyl (C=O) groups excluding carboxylic acids is 2. The van der Waals surface area contributed by atoms with E-state index in [9.17, 15) is 14.4 Å². The van der Waals surface area contributed by atoms with Gasteiger partial charge in [-0.25, -0.2) is 4.79 Å². The van der Waals surface area contributed by atoms with Crippen molar-refractivity contribution in [3.05, 3.63) is 89.5 Å². The maximum atomic E-state index is 13.2. The van der Waals surface area contributed by atoms with Crippen LogP contribution < -0.4 is 15.4 Å². The minimum absolute atomic E-state index is 0.182. The van der Waals surface area contributed by atoms with E-state index in [1.54, 1.807) is 24.3 Å². The predicted molar refractivity (Wildman–Crippen MR) is 163 cm³/mol. The number of aliphatic carboxylic acids is 1. The van der Waals surface area contributed by atoms with Crippen LogP contribution in [-0.4, -0.2) is 40.6 Å². The van der Waals surface area contributed by atoms with E-state index in [0.717, 1.165) is 35.7 Å². The number of nitrogens with zero attached hydrogens (tertiary/aromatic N) is 1. The SMILES string of the molecule is O=C(O)C=Cc1ccc(NC(=O)CNC(=O)c2ccc3c(C4CCCCC4)c4n(c3c2)CCOc2ccccc2-4)cc1. The van der Waals surface area contributed by atoms with E-state index in [1.165, 1.54) is 42.0 Å². The Balaban J connectivity index is 1.23. The molecule has 4 aromatic rings. The van der Waals surface area contributed by atoms with Crippen LogP contribution in [-0.2, 0) is 16.1 Å². The van der Waals surface area contributed by atoms with E-state index < -0.39 is 5.97 Å². The highest BCUT2D eigenvalue weighted by molar-refractivity contribution is 6.03. The van der Waals surface area contributed by atoms with E-state index >= 15 is 0 Å². The third kappa shape index (κ3) is 5.65. The van der Waals surface area contributed by atoms with Gasteiger partial charge in [-0.05, 0) is 72.4 Å². The van der Waals surface area contributed by atoms with Gasteiger partial charge in [-0.3, -0.25) is 9.59 Å². The van der Waals surface area contributed by atoms with Gasteiger partial charge in [0, 0.05) is 33.8 Å². The van der Waals surface area contributed by atoms with E-state index in [0.29, 0.717) is 35.9 Å². The lowest BCUT2D eigenvalue weighted by Crippen LogP contribution is -2.32. The first-order valence-corrected chi connectivity index (χ1v) is 14.5. The van der Waals surface area contributed by atoms with Crippen LogP contribution in [0.4, 0.5) is 5.69 Å². The van der Waals surface area contributed by atoms with Crippen molar-refractivity contribution < 1.29 is 24.2 Å². The summed E-state index contributed by atoms with van der Waals surface area (Å²) in [7, 11) is 0. The monoisotopic (exact) mass is 563 g/mol. The van der Waals surface area contributed by atoms with Crippen molar-refractivity contribution in [2.24, 2.45) is 0 Å². The second-order valence-electron chi connectivity index (χ2n) is 10.8. The molecule has 0 saturated heterocycles. The quantitative estimate of drug-likeness (QED) is 0.232. The van der Waals surface area contributed by atoms with Gasteiger partial charge < -0.3 is 25.0 Å². The van der Waals surface area contributed by atoms with Crippen LogP contribution in [0.5, 0.6) is 5.75 Å². The summed E-state index contributed by atoms with van der Waals surface area (Å²) in [5, 5.41) is 15.4. The number of fused-ring (bicyclic) bond motifs is 5. The summed E-state index contributed by atoms with van der Waals surface area (Å²) in [6.07, 6.45) is 8.57. The number of ether oxygens (including phenoxy) is 1. The maximum absolute atomic E-state index is 13.2. The van der Waals surface area contributed by atoms with Crippen LogP contribution in [0.15, 0.2) is 72.8 Å². The molecular formula is C34H33N3O5. The molecule has 2 aliphatic rings. The van der Waals surface area contributed by atoms with Crippen molar-refractivity contribution in [1.29, 1.82) is 0 Å². The molecular weight excluding hydrogens is 530 g/mol. The summed E-state index contributed by atoms with van der Waals surface area (Å²) in [4.78, 5) is 36.4. The largest absolute Gasteiger partial charge is 0.491 e. The first-order valence-electron chi connectivity index (χ1n) is 14.5. The van der Waals surface area contributed by atoms with Crippen LogP contribution in [0.2, 0.25) is 0 Å². The number of aromatic nitrogens is 1.